The Kier molecular flexibility index (Phi) is 3.45. The molecule has 6 nitrogen and oxygen atoms in total. The SMILES string of the molecule is O=C(NCCOc1ccc2c(c1)OCO2)c1ccco1. The number of ether oxygens (including phenoxy) is 3. The molecule has 0 atom stereocenters. The van der Waals surface area contributed by atoms with E-state index in [2.05, 4.69) is 5.32 Å². The van der Waals surface area contributed by atoms with Crippen LogP contribution in [-0.4, -0.2) is 25.9 Å². The Balaban J connectivity index is 1.45. The monoisotopic (exact) mass is 275 g/mol. The van der Waals surface area contributed by atoms with Gasteiger partial charge in [0, 0.05) is 6.07 Å². The van der Waals surface area contributed by atoms with Gasteiger partial charge >= 0.3 is 0 Å². The lowest BCUT2D eigenvalue weighted by Gasteiger charge is -2.07. The van der Waals surface area contributed by atoms with E-state index in [-0.39, 0.29) is 18.5 Å². The molecule has 0 saturated carbocycles. The van der Waals surface area contributed by atoms with Crippen LogP contribution in [0.1, 0.15) is 10.6 Å². The maximum Gasteiger partial charge on any atom is 0.287 e. The van der Waals surface area contributed by atoms with E-state index in [4.69, 9.17) is 18.6 Å². The van der Waals surface area contributed by atoms with Gasteiger partial charge in [-0.3, -0.25) is 4.79 Å². The minimum atomic E-state index is -0.260. The van der Waals surface area contributed by atoms with Crippen molar-refractivity contribution >= 4 is 5.91 Å². The van der Waals surface area contributed by atoms with Crippen molar-refractivity contribution in [2.75, 3.05) is 19.9 Å². The van der Waals surface area contributed by atoms with Gasteiger partial charge in [-0.05, 0) is 24.3 Å². The molecular formula is C14H13NO5. The van der Waals surface area contributed by atoms with Crippen LogP contribution in [0.4, 0.5) is 0 Å². The molecule has 0 saturated heterocycles. The third-order valence-electron chi connectivity index (χ3n) is 2.75. The van der Waals surface area contributed by atoms with Gasteiger partial charge in [0.05, 0.1) is 12.8 Å². The minimum absolute atomic E-state index is 0.234. The van der Waals surface area contributed by atoms with Crippen molar-refractivity contribution in [2.24, 2.45) is 0 Å². The Hall–Kier alpha value is -2.63. The van der Waals surface area contributed by atoms with Gasteiger partial charge in [-0.2, -0.15) is 0 Å². The van der Waals surface area contributed by atoms with E-state index in [1.807, 2.05) is 0 Å². The van der Waals surface area contributed by atoms with Gasteiger partial charge in [0.1, 0.15) is 12.4 Å². The lowest BCUT2D eigenvalue weighted by Crippen LogP contribution is -2.27. The fraction of sp³-hybridized carbons (Fsp3) is 0.214. The maximum absolute atomic E-state index is 11.6. The van der Waals surface area contributed by atoms with Gasteiger partial charge in [-0.1, -0.05) is 0 Å². The molecule has 1 N–H and O–H groups in total. The molecule has 1 aromatic heterocycles. The maximum atomic E-state index is 11.6. The van der Waals surface area contributed by atoms with Crippen molar-refractivity contribution in [3.63, 3.8) is 0 Å². The predicted molar refractivity (Wildman–Crippen MR) is 69.1 cm³/mol. The largest absolute Gasteiger partial charge is 0.492 e. The molecule has 20 heavy (non-hydrogen) atoms. The molecule has 0 fully saturated rings. The van der Waals surface area contributed by atoms with E-state index in [9.17, 15) is 4.79 Å². The quantitative estimate of drug-likeness (QED) is 0.843. The number of rotatable bonds is 5. The van der Waals surface area contributed by atoms with E-state index in [1.165, 1.54) is 6.26 Å². The number of fused-ring (bicyclic) bond motifs is 1. The van der Waals surface area contributed by atoms with Crippen LogP contribution in [-0.2, 0) is 0 Å². The Bertz CT molecular complexity index is 594. The van der Waals surface area contributed by atoms with Gasteiger partial charge in [-0.15, -0.1) is 0 Å². The molecule has 1 aliphatic heterocycles. The highest BCUT2D eigenvalue weighted by atomic mass is 16.7. The van der Waals surface area contributed by atoms with Crippen molar-refractivity contribution in [3.8, 4) is 17.2 Å². The molecule has 1 aromatic carbocycles. The first kappa shape index (κ1) is 12.4. The summed E-state index contributed by atoms with van der Waals surface area (Å²) in [5, 5.41) is 2.69. The highest BCUT2D eigenvalue weighted by Crippen LogP contribution is 2.34. The Morgan fingerprint density at radius 3 is 3.00 bits per heavy atom. The molecule has 3 rings (SSSR count). The second-order valence-electron chi connectivity index (χ2n) is 4.10. The molecule has 104 valence electrons. The number of furan rings is 1. The molecule has 2 aromatic rings. The molecule has 0 radical (unpaired) electrons. The summed E-state index contributed by atoms with van der Waals surface area (Å²) in [6, 6.07) is 8.61. The van der Waals surface area contributed by atoms with Crippen molar-refractivity contribution < 1.29 is 23.4 Å². The van der Waals surface area contributed by atoms with Crippen molar-refractivity contribution in [3.05, 3.63) is 42.4 Å². The number of nitrogens with one attached hydrogen (secondary N) is 1. The van der Waals surface area contributed by atoms with E-state index in [0.29, 0.717) is 30.4 Å². The molecule has 0 bridgehead atoms. The van der Waals surface area contributed by atoms with Crippen LogP contribution in [0, 0.1) is 0 Å². The normalized spacial score (nSPS) is 12.2. The highest BCUT2D eigenvalue weighted by molar-refractivity contribution is 5.91. The molecule has 0 spiro atoms. The minimum Gasteiger partial charge on any atom is -0.492 e. The van der Waals surface area contributed by atoms with Crippen LogP contribution in [0.3, 0.4) is 0 Å². The summed E-state index contributed by atoms with van der Waals surface area (Å²) in [6.45, 7) is 0.970. The molecule has 6 heteroatoms. The van der Waals surface area contributed by atoms with Crippen molar-refractivity contribution in [1.29, 1.82) is 0 Å². The van der Waals surface area contributed by atoms with Crippen LogP contribution in [0.15, 0.2) is 41.0 Å². The number of carbonyl (C=O) groups excluding carboxylic acids is 1. The van der Waals surface area contributed by atoms with E-state index < -0.39 is 0 Å². The number of benzene rings is 1. The Morgan fingerprint density at radius 1 is 1.25 bits per heavy atom. The lowest BCUT2D eigenvalue weighted by molar-refractivity contribution is 0.0919. The summed E-state index contributed by atoms with van der Waals surface area (Å²) in [6.07, 6.45) is 1.46. The standard InChI is InChI=1S/C14H13NO5/c16-14(12-2-1-6-18-12)15-5-7-17-10-3-4-11-13(8-10)20-9-19-11/h1-4,6,8H,5,7,9H2,(H,15,16). The third kappa shape index (κ3) is 2.69. The van der Waals surface area contributed by atoms with Crippen LogP contribution >= 0.6 is 0 Å². The zero-order valence-electron chi connectivity index (χ0n) is 10.6. The summed E-state index contributed by atoms with van der Waals surface area (Å²) in [7, 11) is 0. The average Bonchev–Trinajstić information content (AvgIpc) is 3.13. The number of hydrogen-bond acceptors (Lipinski definition) is 5. The molecule has 2 heterocycles. The Morgan fingerprint density at radius 2 is 2.15 bits per heavy atom. The first-order valence-corrected chi connectivity index (χ1v) is 6.17. The lowest BCUT2D eigenvalue weighted by atomic mass is 10.3. The smallest absolute Gasteiger partial charge is 0.287 e. The molecule has 1 aliphatic rings. The molecule has 0 unspecified atom stereocenters. The first-order valence-electron chi connectivity index (χ1n) is 6.17. The number of hydrogen-bond donors (Lipinski definition) is 1. The van der Waals surface area contributed by atoms with Crippen LogP contribution in [0.2, 0.25) is 0 Å². The van der Waals surface area contributed by atoms with Gasteiger partial charge in [0.25, 0.3) is 5.91 Å². The summed E-state index contributed by atoms with van der Waals surface area (Å²) in [5.74, 6) is 2.07. The topological polar surface area (TPSA) is 69.9 Å². The molecule has 0 aliphatic carbocycles. The number of carbonyl (C=O) groups is 1. The van der Waals surface area contributed by atoms with Gasteiger partial charge in [0.15, 0.2) is 17.3 Å². The predicted octanol–water partition coefficient (Wildman–Crippen LogP) is 1.82. The summed E-state index contributed by atoms with van der Waals surface area (Å²) < 4.78 is 21.0. The van der Waals surface area contributed by atoms with E-state index in [1.54, 1.807) is 30.3 Å². The summed E-state index contributed by atoms with van der Waals surface area (Å²) >= 11 is 0. The van der Waals surface area contributed by atoms with E-state index >= 15 is 0 Å². The highest BCUT2D eigenvalue weighted by Gasteiger charge is 2.13. The van der Waals surface area contributed by atoms with E-state index in [0.717, 1.165) is 0 Å². The second kappa shape index (κ2) is 5.56. The third-order valence-corrected chi connectivity index (χ3v) is 2.75. The molecule has 1 amide bonds. The fourth-order valence-electron chi connectivity index (χ4n) is 1.79. The first-order chi connectivity index (χ1) is 9.83. The van der Waals surface area contributed by atoms with Crippen LogP contribution in [0.25, 0.3) is 0 Å². The van der Waals surface area contributed by atoms with Crippen LogP contribution < -0.4 is 19.5 Å². The van der Waals surface area contributed by atoms with Gasteiger partial charge < -0.3 is 23.9 Å². The van der Waals surface area contributed by atoms with Crippen molar-refractivity contribution in [2.45, 2.75) is 0 Å². The molecular weight excluding hydrogens is 262 g/mol. The Labute approximate surface area is 115 Å². The zero-order chi connectivity index (χ0) is 13.8. The van der Waals surface area contributed by atoms with Gasteiger partial charge in [0.2, 0.25) is 6.79 Å². The fourth-order valence-corrected chi connectivity index (χ4v) is 1.79. The summed E-state index contributed by atoms with van der Waals surface area (Å²) in [4.78, 5) is 11.6. The van der Waals surface area contributed by atoms with Crippen molar-refractivity contribution in [1.82, 2.24) is 5.32 Å². The zero-order valence-corrected chi connectivity index (χ0v) is 10.6. The number of amides is 1. The van der Waals surface area contributed by atoms with Crippen LogP contribution in [0.5, 0.6) is 17.2 Å². The van der Waals surface area contributed by atoms with Gasteiger partial charge in [-0.25, -0.2) is 0 Å². The second-order valence-corrected chi connectivity index (χ2v) is 4.10. The summed E-state index contributed by atoms with van der Waals surface area (Å²) in [5.41, 5.74) is 0. The average molecular weight is 275 g/mol.